The van der Waals surface area contributed by atoms with E-state index in [1.54, 1.807) is 0 Å². The lowest BCUT2D eigenvalue weighted by Gasteiger charge is -2.39. The van der Waals surface area contributed by atoms with Gasteiger partial charge < -0.3 is 24.1 Å². The minimum Gasteiger partial charge on any atom is -0.493 e. The summed E-state index contributed by atoms with van der Waals surface area (Å²) in [4.78, 5) is 3.98. The van der Waals surface area contributed by atoms with Gasteiger partial charge in [-0.1, -0.05) is 24.2 Å². The van der Waals surface area contributed by atoms with Crippen LogP contribution in [0.25, 0.3) is 11.5 Å². The van der Waals surface area contributed by atoms with Crippen molar-refractivity contribution >= 4 is 6.01 Å². The standard InChI is InChI=1S/C19H28N4O3/c1-4-12-25-16-9-6-5-8-15(16)17-20-21-18(26-17)23-11-7-10-19(24,14-23)13-22(2)3/h5-6,8-9,24H,4,7,10-14H2,1-3H3. The summed E-state index contributed by atoms with van der Waals surface area (Å²) in [5, 5.41) is 19.3. The van der Waals surface area contributed by atoms with Crippen LogP contribution in [0.4, 0.5) is 6.01 Å². The Morgan fingerprint density at radius 3 is 2.88 bits per heavy atom. The number of aliphatic hydroxyl groups is 1. The van der Waals surface area contributed by atoms with Crippen molar-refractivity contribution in [3.05, 3.63) is 24.3 Å². The van der Waals surface area contributed by atoms with Crippen LogP contribution >= 0.6 is 0 Å². The van der Waals surface area contributed by atoms with Crippen molar-refractivity contribution in [3.8, 4) is 17.2 Å². The van der Waals surface area contributed by atoms with Crippen LogP contribution in [0.3, 0.4) is 0 Å². The van der Waals surface area contributed by atoms with Gasteiger partial charge in [-0.05, 0) is 45.5 Å². The fourth-order valence-corrected chi connectivity index (χ4v) is 3.43. The molecule has 1 aliphatic rings. The quantitative estimate of drug-likeness (QED) is 0.813. The number of anilines is 1. The van der Waals surface area contributed by atoms with Crippen LogP contribution in [0.15, 0.2) is 28.7 Å². The first-order chi connectivity index (χ1) is 12.5. The normalized spacial score (nSPS) is 20.6. The van der Waals surface area contributed by atoms with E-state index in [9.17, 15) is 5.11 Å². The zero-order chi connectivity index (χ0) is 18.6. The fourth-order valence-electron chi connectivity index (χ4n) is 3.43. The number of likely N-dealkylation sites (N-methyl/N-ethyl adjacent to an activating group) is 1. The number of rotatable bonds is 7. The largest absolute Gasteiger partial charge is 0.493 e. The molecule has 0 aliphatic carbocycles. The van der Waals surface area contributed by atoms with Crippen molar-refractivity contribution < 1.29 is 14.3 Å². The number of hydrogen-bond acceptors (Lipinski definition) is 7. The summed E-state index contributed by atoms with van der Waals surface area (Å²) in [6, 6.07) is 8.13. The highest BCUT2D eigenvalue weighted by Crippen LogP contribution is 2.32. The third-order valence-electron chi connectivity index (χ3n) is 4.43. The average Bonchev–Trinajstić information content (AvgIpc) is 3.09. The van der Waals surface area contributed by atoms with E-state index in [1.807, 2.05) is 48.2 Å². The molecule has 7 nitrogen and oxygen atoms in total. The summed E-state index contributed by atoms with van der Waals surface area (Å²) >= 11 is 0. The van der Waals surface area contributed by atoms with Crippen molar-refractivity contribution in [2.75, 3.05) is 45.2 Å². The summed E-state index contributed by atoms with van der Waals surface area (Å²) in [5.74, 6) is 1.18. The molecule has 1 aromatic heterocycles. The lowest BCUT2D eigenvalue weighted by Crippen LogP contribution is -2.53. The lowest BCUT2D eigenvalue weighted by atomic mass is 9.92. The Balaban J connectivity index is 1.78. The molecule has 1 atom stereocenters. The topological polar surface area (TPSA) is 74.9 Å². The predicted octanol–water partition coefficient (Wildman–Crippen LogP) is 2.42. The van der Waals surface area contributed by atoms with Crippen molar-refractivity contribution in [2.24, 2.45) is 0 Å². The summed E-state index contributed by atoms with van der Waals surface area (Å²) in [7, 11) is 3.93. The van der Waals surface area contributed by atoms with Crippen LogP contribution in [-0.4, -0.2) is 66.1 Å². The Morgan fingerprint density at radius 2 is 2.12 bits per heavy atom. The number of nitrogens with zero attached hydrogens (tertiary/aromatic N) is 4. The fraction of sp³-hybridized carbons (Fsp3) is 0.579. The van der Waals surface area contributed by atoms with Crippen LogP contribution in [0.5, 0.6) is 5.75 Å². The highest BCUT2D eigenvalue weighted by molar-refractivity contribution is 5.62. The second-order valence-electron chi connectivity index (χ2n) is 7.22. The molecule has 0 saturated carbocycles. The second-order valence-corrected chi connectivity index (χ2v) is 7.22. The molecule has 0 bridgehead atoms. The van der Waals surface area contributed by atoms with Gasteiger partial charge in [-0.3, -0.25) is 0 Å². The molecule has 1 fully saturated rings. The van der Waals surface area contributed by atoms with Crippen molar-refractivity contribution in [1.29, 1.82) is 0 Å². The van der Waals surface area contributed by atoms with Gasteiger partial charge in [0.05, 0.1) is 24.3 Å². The molecule has 7 heteroatoms. The molecule has 2 aromatic rings. The minimum absolute atomic E-state index is 0.438. The molecule has 0 radical (unpaired) electrons. The number of piperidine rings is 1. The van der Waals surface area contributed by atoms with E-state index in [2.05, 4.69) is 17.1 Å². The Labute approximate surface area is 154 Å². The highest BCUT2D eigenvalue weighted by Gasteiger charge is 2.35. The average molecular weight is 360 g/mol. The van der Waals surface area contributed by atoms with Gasteiger partial charge in [0.2, 0.25) is 0 Å². The minimum atomic E-state index is -0.765. The van der Waals surface area contributed by atoms with E-state index in [0.29, 0.717) is 31.6 Å². The first kappa shape index (κ1) is 18.7. The second kappa shape index (κ2) is 8.05. The zero-order valence-electron chi connectivity index (χ0n) is 15.8. The number of β-amino-alcohol motifs (C(OH)–C–C–N with tert-alkyl or cyclic N) is 1. The first-order valence-corrected chi connectivity index (χ1v) is 9.18. The SMILES string of the molecule is CCCOc1ccccc1-c1nnc(N2CCCC(O)(CN(C)C)C2)o1. The molecule has 1 saturated heterocycles. The van der Waals surface area contributed by atoms with Gasteiger partial charge in [-0.25, -0.2) is 0 Å². The number of para-hydroxylation sites is 1. The molecule has 142 valence electrons. The van der Waals surface area contributed by atoms with Crippen LogP contribution in [0.2, 0.25) is 0 Å². The van der Waals surface area contributed by atoms with Gasteiger partial charge in [0.25, 0.3) is 5.89 Å². The number of benzene rings is 1. The molecule has 1 N–H and O–H groups in total. The van der Waals surface area contributed by atoms with E-state index in [1.165, 1.54) is 0 Å². The van der Waals surface area contributed by atoms with Gasteiger partial charge in [0, 0.05) is 13.1 Å². The van der Waals surface area contributed by atoms with Gasteiger partial charge in [-0.2, -0.15) is 0 Å². The smallest absolute Gasteiger partial charge is 0.318 e. The molecular weight excluding hydrogens is 332 g/mol. The maximum absolute atomic E-state index is 10.8. The third-order valence-corrected chi connectivity index (χ3v) is 4.43. The molecule has 0 spiro atoms. The number of aromatic nitrogens is 2. The summed E-state index contributed by atoms with van der Waals surface area (Å²) < 4.78 is 11.7. The highest BCUT2D eigenvalue weighted by atomic mass is 16.5. The molecule has 2 heterocycles. The van der Waals surface area contributed by atoms with E-state index >= 15 is 0 Å². The molecule has 0 amide bonds. The molecule has 1 aliphatic heterocycles. The Bertz CT molecular complexity index is 718. The number of ether oxygens (including phenoxy) is 1. The lowest BCUT2D eigenvalue weighted by molar-refractivity contribution is 0.00261. The van der Waals surface area contributed by atoms with Gasteiger partial charge in [-0.15, -0.1) is 5.10 Å². The first-order valence-electron chi connectivity index (χ1n) is 9.18. The molecule has 26 heavy (non-hydrogen) atoms. The molecule has 1 aromatic carbocycles. The maximum atomic E-state index is 10.8. The van der Waals surface area contributed by atoms with E-state index in [4.69, 9.17) is 9.15 Å². The van der Waals surface area contributed by atoms with Crippen LogP contribution in [0.1, 0.15) is 26.2 Å². The van der Waals surface area contributed by atoms with E-state index < -0.39 is 5.60 Å². The molecule has 1 unspecified atom stereocenters. The number of hydrogen-bond donors (Lipinski definition) is 1. The zero-order valence-corrected chi connectivity index (χ0v) is 15.8. The van der Waals surface area contributed by atoms with E-state index in [-0.39, 0.29) is 0 Å². The van der Waals surface area contributed by atoms with Crippen LogP contribution in [-0.2, 0) is 0 Å². The third kappa shape index (κ3) is 4.34. The van der Waals surface area contributed by atoms with Crippen LogP contribution < -0.4 is 9.64 Å². The Morgan fingerprint density at radius 1 is 1.31 bits per heavy atom. The molecular formula is C19H28N4O3. The van der Waals surface area contributed by atoms with Gasteiger partial charge >= 0.3 is 6.01 Å². The maximum Gasteiger partial charge on any atom is 0.318 e. The Kier molecular flexibility index (Phi) is 5.78. The van der Waals surface area contributed by atoms with Crippen LogP contribution in [0, 0.1) is 0 Å². The van der Waals surface area contributed by atoms with Gasteiger partial charge in [0.1, 0.15) is 5.75 Å². The Hall–Kier alpha value is -2.12. The van der Waals surface area contributed by atoms with E-state index in [0.717, 1.165) is 37.1 Å². The van der Waals surface area contributed by atoms with Crippen molar-refractivity contribution in [3.63, 3.8) is 0 Å². The summed E-state index contributed by atoms with van der Waals surface area (Å²) in [5.41, 5.74) is 0.0266. The monoisotopic (exact) mass is 360 g/mol. The molecule has 3 rings (SSSR count). The predicted molar refractivity (Wildman–Crippen MR) is 100 cm³/mol. The van der Waals surface area contributed by atoms with Crippen molar-refractivity contribution in [2.45, 2.75) is 31.8 Å². The summed E-state index contributed by atoms with van der Waals surface area (Å²) in [6.07, 6.45) is 2.59. The summed E-state index contributed by atoms with van der Waals surface area (Å²) in [6.45, 7) is 4.60. The van der Waals surface area contributed by atoms with Crippen molar-refractivity contribution in [1.82, 2.24) is 15.1 Å². The van der Waals surface area contributed by atoms with Gasteiger partial charge in [0.15, 0.2) is 0 Å².